The Morgan fingerprint density at radius 1 is 1.45 bits per heavy atom. The third kappa shape index (κ3) is 1.75. The molecule has 0 atom stereocenters. The maximum absolute atomic E-state index is 11.4. The summed E-state index contributed by atoms with van der Waals surface area (Å²) in [5.74, 6) is -0.405. The molecule has 11 heavy (non-hydrogen) atoms. The van der Waals surface area contributed by atoms with Gasteiger partial charge >= 0.3 is 5.91 Å². The van der Waals surface area contributed by atoms with Crippen LogP contribution >= 0.6 is 0 Å². The number of rotatable bonds is 0. The van der Waals surface area contributed by atoms with E-state index in [0.29, 0.717) is 0 Å². The van der Waals surface area contributed by atoms with Gasteiger partial charge in [-0.2, -0.15) is 0 Å². The van der Waals surface area contributed by atoms with Crippen molar-refractivity contribution in [3.63, 3.8) is 0 Å². The molecule has 0 saturated carbocycles. The highest BCUT2D eigenvalue weighted by atomic mass is 16.6. The lowest BCUT2D eigenvalue weighted by Gasteiger charge is -2.47. The van der Waals surface area contributed by atoms with Crippen LogP contribution < -0.4 is 0 Å². The fourth-order valence-electron chi connectivity index (χ4n) is 1.08. The number of hydrogen-bond acceptors (Lipinski definition) is 4. The van der Waals surface area contributed by atoms with Crippen molar-refractivity contribution in [2.75, 3.05) is 26.2 Å². The monoisotopic (exact) mass is 159 g/mol. The van der Waals surface area contributed by atoms with E-state index < -0.39 is 10.6 Å². The van der Waals surface area contributed by atoms with E-state index in [9.17, 15) is 15.2 Å². The molecule has 1 saturated heterocycles. The molecule has 5 nitrogen and oxygen atoms in total. The lowest BCUT2D eigenvalue weighted by Crippen LogP contribution is -2.57. The van der Waals surface area contributed by atoms with E-state index in [-0.39, 0.29) is 26.2 Å². The Kier molecular flexibility index (Phi) is 2.24. The molecule has 1 rings (SSSR count). The molecule has 1 aliphatic heterocycles. The maximum Gasteiger partial charge on any atom is 0.310 e. The first-order chi connectivity index (χ1) is 5.04. The van der Waals surface area contributed by atoms with Gasteiger partial charge in [0.2, 0.25) is 0 Å². The van der Waals surface area contributed by atoms with Crippen LogP contribution in [0.3, 0.4) is 0 Å². The molecule has 0 aliphatic carbocycles. The summed E-state index contributed by atoms with van der Waals surface area (Å²) in [7, 11) is 0. The summed E-state index contributed by atoms with van der Waals surface area (Å²) in [6.07, 6.45) is 0. The van der Waals surface area contributed by atoms with Crippen LogP contribution in [-0.2, 0) is 4.79 Å². The smallest absolute Gasteiger partial charge is 0.310 e. The van der Waals surface area contributed by atoms with Crippen LogP contribution in [0.1, 0.15) is 6.92 Å². The van der Waals surface area contributed by atoms with Gasteiger partial charge in [0.15, 0.2) is 0 Å². The average Bonchev–Trinajstić information content (AvgIpc) is 1.95. The van der Waals surface area contributed by atoms with Crippen LogP contribution in [0.5, 0.6) is 0 Å². The van der Waals surface area contributed by atoms with Gasteiger partial charge in [0, 0.05) is 13.1 Å². The summed E-state index contributed by atoms with van der Waals surface area (Å²) < 4.78 is -0.835. The number of hydroxylamine groups is 5. The lowest BCUT2D eigenvalue weighted by molar-refractivity contribution is -0.808. The molecular formula is C6H11N2O3-. The summed E-state index contributed by atoms with van der Waals surface area (Å²) >= 11 is 0. The molecule has 5 heteroatoms. The van der Waals surface area contributed by atoms with Crippen LogP contribution in [0.4, 0.5) is 0 Å². The largest absolute Gasteiger partial charge is 0.785 e. The van der Waals surface area contributed by atoms with Gasteiger partial charge in [-0.15, -0.1) is 0 Å². The highest BCUT2D eigenvalue weighted by Gasteiger charge is 2.26. The van der Waals surface area contributed by atoms with Crippen LogP contribution in [0, 0.1) is 10.4 Å². The molecule has 1 amide bonds. The number of piperazine rings is 1. The Morgan fingerprint density at radius 2 is 1.91 bits per heavy atom. The first-order valence-corrected chi connectivity index (χ1v) is 3.56. The van der Waals surface area contributed by atoms with Crippen molar-refractivity contribution in [2.24, 2.45) is 0 Å². The van der Waals surface area contributed by atoms with Crippen LogP contribution in [0.15, 0.2) is 0 Å². The lowest BCUT2D eigenvalue weighted by atomic mass is 10.3. The average molecular weight is 159 g/mol. The number of carbonyl (C=O) groups excluding carboxylic acids is 1. The number of quaternary nitrogens is 1. The third-order valence-electron chi connectivity index (χ3n) is 2.00. The van der Waals surface area contributed by atoms with E-state index >= 15 is 0 Å². The fourth-order valence-corrected chi connectivity index (χ4v) is 1.08. The van der Waals surface area contributed by atoms with E-state index in [1.165, 1.54) is 6.92 Å². The van der Waals surface area contributed by atoms with Crippen LogP contribution in [0.25, 0.3) is 0 Å². The number of nitrogens with zero attached hydrogens (tertiary/aromatic N) is 2. The molecule has 1 heterocycles. The minimum Gasteiger partial charge on any atom is -0.785 e. The number of amides is 1. The van der Waals surface area contributed by atoms with Gasteiger partial charge in [0.05, 0.1) is 20.0 Å². The topological polar surface area (TPSA) is 66.4 Å². The Bertz CT molecular complexity index is 163. The van der Waals surface area contributed by atoms with Crippen LogP contribution in [0.2, 0.25) is 0 Å². The molecule has 1 aliphatic rings. The van der Waals surface area contributed by atoms with Crippen molar-refractivity contribution in [3.8, 4) is 0 Å². The van der Waals surface area contributed by atoms with E-state index in [1.54, 1.807) is 0 Å². The SMILES string of the molecule is CC(=O)[N+]1([O-])CCN([O-])CC1. The third-order valence-corrected chi connectivity index (χ3v) is 2.00. The standard InChI is InChI=1S/C6H11N2O3/c1-6(9)8(11)4-2-7(10)3-5-8/h2-5H2,1H3/q-1. The second-order valence-corrected chi connectivity index (χ2v) is 2.78. The van der Waals surface area contributed by atoms with E-state index in [0.717, 1.165) is 5.06 Å². The van der Waals surface area contributed by atoms with Gasteiger partial charge in [-0.25, -0.2) is 4.79 Å². The first kappa shape index (κ1) is 8.61. The van der Waals surface area contributed by atoms with Gasteiger partial charge in [0.25, 0.3) is 0 Å². The molecule has 0 aromatic carbocycles. The zero-order chi connectivity index (χ0) is 8.48. The maximum atomic E-state index is 11.4. The Balaban J connectivity index is 2.55. The predicted octanol–water partition coefficient (Wildman–Crippen LogP) is -0.339. The van der Waals surface area contributed by atoms with Gasteiger partial charge < -0.3 is 15.5 Å². The van der Waals surface area contributed by atoms with Crippen molar-refractivity contribution >= 4 is 5.91 Å². The van der Waals surface area contributed by atoms with Crippen LogP contribution in [-0.4, -0.2) is 41.8 Å². The molecule has 0 aromatic rings. The Labute approximate surface area is 64.9 Å². The molecule has 64 valence electrons. The summed E-state index contributed by atoms with van der Waals surface area (Å²) in [6.45, 7) is 1.80. The highest BCUT2D eigenvalue weighted by Crippen LogP contribution is 2.10. The van der Waals surface area contributed by atoms with E-state index in [2.05, 4.69) is 0 Å². The zero-order valence-electron chi connectivity index (χ0n) is 6.45. The Morgan fingerprint density at radius 3 is 2.27 bits per heavy atom. The molecule has 0 aromatic heterocycles. The molecule has 0 spiro atoms. The molecule has 0 radical (unpaired) electrons. The molecule has 0 bridgehead atoms. The second-order valence-electron chi connectivity index (χ2n) is 2.78. The summed E-state index contributed by atoms with van der Waals surface area (Å²) in [4.78, 5) is 10.8. The summed E-state index contributed by atoms with van der Waals surface area (Å²) in [6, 6.07) is 0. The first-order valence-electron chi connectivity index (χ1n) is 3.56. The number of carbonyl (C=O) groups is 1. The minimum absolute atomic E-state index is 0.0961. The van der Waals surface area contributed by atoms with Crippen molar-refractivity contribution in [3.05, 3.63) is 10.4 Å². The molecule has 1 fully saturated rings. The van der Waals surface area contributed by atoms with Crippen molar-refractivity contribution in [1.29, 1.82) is 0 Å². The van der Waals surface area contributed by atoms with Gasteiger partial charge in [-0.3, -0.25) is 4.65 Å². The van der Waals surface area contributed by atoms with E-state index in [1.807, 2.05) is 0 Å². The molecule has 0 unspecified atom stereocenters. The van der Waals surface area contributed by atoms with Gasteiger partial charge in [-0.05, 0) is 0 Å². The summed E-state index contributed by atoms with van der Waals surface area (Å²) in [5, 5.41) is 22.8. The normalized spacial score (nSPS) is 25.0. The second kappa shape index (κ2) is 2.86. The van der Waals surface area contributed by atoms with Gasteiger partial charge in [-0.1, -0.05) is 0 Å². The fraction of sp³-hybridized carbons (Fsp3) is 0.833. The van der Waals surface area contributed by atoms with E-state index in [4.69, 9.17) is 0 Å². The number of hydrogen-bond donors (Lipinski definition) is 0. The Hall–Kier alpha value is -0.490. The van der Waals surface area contributed by atoms with Crippen molar-refractivity contribution in [2.45, 2.75) is 6.92 Å². The minimum atomic E-state index is -0.835. The molecular weight excluding hydrogens is 148 g/mol. The summed E-state index contributed by atoms with van der Waals surface area (Å²) in [5.41, 5.74) is 0. The predicted molar refractivity (Wildman–Crippen MR) is 39.0 cm³/mol. The van der Waals surface area contributed by atoms with Gasteiger partial charge in [0.1, 0.15) is 0 Å². The highest BCUT2D eigenvalue weighted by molar-refractivity contribution is 5.66. The zero-order valence-corrected chi connectivity index (χ0v) is 6.45. The van der Waals surface area contributed by atoms with Crippen molar-refractivity contribution < 1.29 is 9.44 Å². The van der Waals surface area contributed by atoms with Crippen molar-refractivity contribution in [1.82, 2.24) is 5.06 Å². The quantitative estimate of drug-likeness (QED) is 0.358. The molecule has 0 N–H and O–H groups in total.